The van der Waals surface area contributed by atoms with Crippen molar-refractivity contribution in [1.29, 1.82) is 0 Å². The third-order valence-electron chi connectivity index (χ3n) is 4.91. The molecule has 152 valence electrons. The van der Waals surface area contributed by atoms with E-state index < -0.39 is 5.54 Å². The van der Waals surface area contributed by atoms with Crippen LogP contribution < -0.4 is 20.3 Å². The molecule has 0 spiro atoms. The Morgan fingerprint density at radius 1 is 1.10 bits per heavy atom. The number of methoxy groups -OCH3 is 1. The van der Waals surface area contributed by atoms with Gasteiger partial charge < -0.3 is 20.3 Å². The molecule has 1 aliphatic rings. The molecule has 2 aromatic rings. The van der Waals surface area contributed by atoms with Gasteiger partial charge in [0.15, 0.2) is 5.54 Å². The number of nitrogens with one attached hydrogen (secondary N) is 2. The maximum atomic E-state index is 13.4. The van der Waals surface area contributed by atoms with E-state index in [4.69, 9.17) is 4.74 Å². The normalized spacial score (nSPS) is 17.8. The Labute approximate surface area is 170 Å². The van der Waals surface area contributed by atoms with Gasteiger partial charge >= 0.3 is 0 Å². The maximum absolute atomic E-state index is 13.4. The van der Waals surface area contributed by atoms with Gasteiger partial charge in [-0.3, -0.25) is 14.4 Å². The predicted molar refractivity (Wildman–Crippen MR) is 111 cm³/mol. The third-order valence-corrected chi connectivity index (χ3v) is 4.91. The molecule has 2 aromatic carbocycles. The summed E-state index contributed by atoms with van der Waals surface area (Å²) in [5, 5.41) is 5.57. The summed E-state index contributed by atoms with van der Waals surface area (Å²) in [5.41, 5.74) is 0.467. The van der Waals surface area contributed by atoms with E-state index in [9.17, 15) is 14.4 Å². The molecule has 1 aliphatic heterocycles. The molecule has 0 saturated heterocycles. The van der Waals surface area contributed by atoms with Gasteiger partial charge in [-0.1, -0.05) is 18.2 Å². The first-order valence-corrected chi connectivity index (χ1v) is 9.44. The lowest BCUT2D eigenvalue weighted by Crippen LogP contribution is -2.55. The van der Waals surface area contributed by atoms with Gasteiger partial charge in [-0.15, -0.1) is 0 Å². The molecule has 29 heavy (non-hydrogen) atoms. The van der Waals surface area contributed by atoms with Crippen LogP contribution >= 0.6 is 0 Å². The highest BCUT2D eigenvalue weighted by molar-refractivity contribution is 6.12. The summed E-state index contributed by atoms with van der Waals surface area (Å²) in [6.07, 6.45) is -0.211. The number of hydrogen-bond donors (Lipinski definition) is 2. The number of carbonyl (C=O) groups excluding carboxylic acids is 3. The smallest absolute Gasteiger partial charge is 0.258 e. The predicted octanol–water partition coefficient (Wildman–Crippen LogP) is 2.81. The number of rotatable bonds is 6. The highest BCUT2D eigenvalue weighted by atomic mass is 16.5. The van der Waals surface area contributed by atoms with Crippen LogP contribution in [-0.4, -0.2) is 30.9 Å². The molecule has 0 fully saturated rings. The summed E-state index contributed by atoms with van der Waals surface area (Å²) < 4.78 is 5.12. The highest BCUT2D eigenvalue weighted by Crippen LogP contribution is 2.43. The number of anilines is 2. The number of ether oxygens (including phenoxy) is 1. The molecule has 0 unspecified atom stereocenters. The summed E-state index contributed by atoms with van der Waals surface area (Å²) in [4.78, 5) is 40.0. The molecular formula is C22H25N3O4. The Hall–Kier alpha value is -3.35. The van der Waals surface area contributed by atoms with Crippen LogP contribution in [0.2, 0.25) is 0 Å². The molecule has 7 nitrogen and oxygen atoms in total. The quantitative estimate of drug-likeness (QED) is 0.787. The number of nitrogens with zero attached hydrogens (tertiary/aromatic N) is 1. The van der Waals surface area contributed by atoms with Crippen LogP contribution in [0.4, 0.5) is 11.4 Å². The Balaban J connectivity index is 1.95. The van der Waals surface area contributed by atoms with Gasteiger partial charge in [0.05, 0.1) is 19.2 Å². The summed E-state index contributed by atoms with van der Waals surface area (Å²) >= 11 is 0. The number of benzene rings is 2. The van der Waals surface area contributed by atoms with Crippen molar-refractivity contribution in [2.45, 2.75) is 38.8 Å². The van der Waals surface area contributed by atoms with Crippen molar-refractivity contribution in [2.75, 3.05) is 17.3 Å². The number of hydrogen-bond acceptors (Lipinski definition) is 4. The standard InChI is InChI=1S/C22H25N3O4/c1-14(2)25-19-8-6-5-7-18(19)22(21(25)28,24-15(3)26)13-20(27)23-16-9-11-17(29-4)12-10-16/h5-12,14H,13H2,1-4H3,(H,23,27)(H,24,26)/t22-/m0/s1. The van der Waals surface area contributed by atoms with Crippen LogP contribution in [0, 0.1) is 0 Å². The van der Waals surface area contributed by atoms with Gasteiger partial charge in [-0.2, -0.15) is 0 Å². The van der Waals surface area contributed by atoms with Gasteiger partial charge in [-0.05, 0) is 44.2 Å². The zero-order chi connectivity index (χ0) is 21.2. The van der Waals surface area contributed by atoms with Crippen LogP contribution in [0.1, 0.15) is 32.8 Å². The van der Waals surface area contributed by atoms with E-state index in [1.807, 2.05) is 26.0 Å². The fraction of sp³-hybridized carbons (Fsp3) is 0.318. The van der Waals surface area contributed by atoms with E-state index in [0.717, 1.165) is 0 Å². The van der Waals surface area contributed by atoms with Crippen molar-refractivity contribution >= 4 is 29.1 Å². The zero-order valence-electron chi connectivity index (χ0n) is 17.0. The van der Waals surface area contributed by atoms with Crippen molar-refractivity contribution in [3.63, 3.8) is 0 Å². The number of amides is 3. The van der Waals surface area contributed by atoms with E-state index in [-0.39, 0.29) is 30.2 Å². The molecule has 1 heterocycles. The summed E-state index contributed by atoms with van der Waals surface area (Å²) in [6, 6.07) is 14.0. The minimum atomic E-state index is -1.44. The van der Waals surface area contributed by atoms with Crippen LogP contribution in [0.5, 0.6) is 5.75 Å². The molecular weight excluding hydrogens is 370 g/mol. The second kappa shape index (κ2) is 7.95. The molecule has 1 atom stereocenters. The second-order valence-electron chi connectivity index (χ2n) is 7.33. The summed E-state index contributed by atoms with van der Waals surface area (Å²) in [5.74, 6) is -0.396. The Bertz CT molecular complexity index is 939. The number of fused-ring (bicyclic) bond motifs is 1. The lowest BCUT2D eigenvalue weighted by Gasteiger charge is -2.30. The molecule has 3 amide bonds. The average Bonchev–Trinajstić information content (AvgIpc) is 2.90. The second-order valence-corrected chi connectivity index (χ2v) is 7.33. The van der Waals surface area contributed by atoms with E-state index in [2.05, 4.69) is 10.6 Å². The number of carbonyl (C=O) groups is 3. The molecule has 3 rings (SSSR count). The first-order chi connectivity index (χ1) is 13.8. The van der Waals surface area contributed by atoms with Crippen molar-refractivity contribution in [3.05, 3.63) is 54.1 Å². The molecule has 7 heteroatoms. The van der Waals surface area contributed by atoms with Gasteiger partial charge in [0, 0.05) is 24.2 Å². The molecule has 0 radical (unpaired) electrons. The van der Waals surface area contributed by atoms with Gasteiger partial charge in [0.25, 0.3) is 5.91 Å². The summed E-state index contributed by atoms with van der Waals surface area (Å²) in [6.45, 7) is 5.14. The van der Waals surface area contributed by atoms with Crippen LogP contribution in [0.15, 0.2) is 48.5 Å². The fourth-order valence-electron chi connectivity index (χ4n) is 3.74. The van der Waals surface area contributed by atoms with Gasteiger partial charge in [0.1, 0.15) is 5.75 Å². The largest absolute Gasteiger partial charge is 0.497 e. The molecule has 2 N–H and O–H groups in total. The lowest BCUT2D eigenvalue weighted by molar-refractivity contribution is -0.133. The van der Waals surface area contributed by atoms with Crippen LogP contribution in [0.3, 0.4) is 0 Å². The van der Waals surface area contributed by atoms with Crippen molar-refractivity contribution < 1.29 is 19.1 Å². The molecule has 0 aliphatic carbocycles. The highest BCUT2D eigenvalue weighted by Gasteiger charge is 2.53. The summed E-state index contributed by atoms with van der Waals surface area (Å²) in [7, 11) is 1.56. The fourth-order valence-corrected chi connectivity index (χ4v) is 3.74. The molecule has 0 bridgehead atoms. The monoisotopic (exact) mass is 395 g/mol. The third kappa shape index (κ3) is 3.81. The van der Waals surface area contributed by atoms with E-state index in [0.29, 0.717) is 22.7 Å². The molecule has 0 aromatic heterocycles. The van der Waals surface area contributed by atoms with E-state index in [1.54, 1.807) is 48.4 Å². The lowest BCUT2D eigenvalue weighted by atomic mass is 9.87. The minimum absolute atomic E-state index is 0.121. The Morgan fingerprint density at radius 3 is 2.34 bits per heavy atom. The first kappa shape index (κ1) is 20.4. The van der Waals surface area contributed by atoms with Crippen LogP contribution in [0.25, 0.3) is 0 Å². The maximum Gasteiger partial charge on any atom is 0.258 e. The topological polar surface area (TPSA) is 87.7 Å². The van der Waals surface area contributed by atoms with Gasteiger partial charge in [-0.25, -0.2) is 0 Å². The van der Waals surface area contributed by atoms with Gasteiger partial charge in [0.2, 0.25) is 11.8 Å². The van der Waals surface area contributed by atoms with E-state index >= 15 is 0 Å². The Kier molecular flexibility index (Phi) is 5.59. The minimum Gasteiger partial charge on any atom is -0.497 e. The SMILES string of the molecule is COc1ccc(NC(=O)C[C@@]2(NC(C)=O)C(=O)N(C(C)C)c3ccccc32)cc1. The van der Waals surface area contributed by atoms with E-state index in [1.165, 1.54) is 6.92 Å². The first-order valence-electron chi connectivity index (χ1n) is 9.44. The van der Waals surface area contributed by atoms with Crippen molar-refractivity contribution in [3.8, 4) is 5.75 Å². The number of para-hydroxylation sites is 1. The molecule has 0 saturated carbocycles. The Morgan fingerprint density at radius 2 is 1.76 bits per heavy atom. The van der Waals surface area contributed by atoms with Crippen LogP contribution in [-0.2, 0) is 19.9 Å². The zero-order valence-corrected chi connectivity index (χ0v) is 17.0. The van der Waals surface area contributed by atoms with Crippen molar-refractivity contribution in [2.24, 2.45) is 0 Å². The van der Waals surface area contributed by atoms with Crippen molar-refractivity contribution in [1.82, 2.24) is 5.32 Å². The average molecular weight is 395 g/mol.